The van der Waals surface area contributed by atoms with Crippen LogP contribution in [0, 0.1) is 11.8 Å². The molecule has 3 nitrogen and oxygen atoms in total. The maximum absolute atomic E-state index is 12.4. The van der Waals surface area contributed by atoms with Gasteiger partial charge in [-0.05, 0) is 55.4 Å². The molecule has 3 rings (SSSR count). The largest absolute Gasteiger partial charge is 0.399 e. The van der Waals surface area contributed by atoms with Gasteiger partial charge in [-0.3, -0.25) is 4.79 Å². The normalized spacial score (nSPS) is 29.5. The first-order chi connectivity index (χ1) is 8.65. The highest BCUT2D eigenvalue weighted by atomic mass is 16.2. The Morgan fingerprint density at radius 1 is 1.22 bits per heavy atom. The molecule has 1 aromatic rings. The van der Waals surface area contributed by atoms with E-state index in [4.69, 9.17) is 5.73 Å². The van der Waals surface area contributed by atoms with E-state index in [1.807, 2.05) is 24.1 Å². The Morgan fingerprint density at radius 2 is 1.94 bits per heavy atom. The fourth-order valence-electron chi connectivity index (χ4n) is 3.67. The first-order valence-electron chi connectivity index (χ1n) is 6.78. The number of carbonyl (C=O) groups is 1. The van der Waals surface area contributed by atoms with Crippen LogP contribution in [0.2, 0.25) is 0 Å². The Kier molecular flexibility index (Phi) is 2.77. The zero-order valence-electron chi connectivity index (χ0n) is 10.8. The van der Waals surface area contributed by atoms with Gasteiger partial charge in [-0.15, -0.1) is 0 Å². The smallest absolute Gasteiger partial charge is 0.253 e. The van der Waals surface area contributed by atoms with E-state index in [0.717, 1.165) is 17.4 Å². The summed E-state index contributed by atoms with van der Waals surface area (Å²) in [5.74, 6) is 1.73. The van der Waals surface area contributed by atoms with E-state index in [1.54, 1.807) is 12.1 Å². The summed E-state index contributed by atoms with van der Waals surface area (Å²) in [7, 11) is 1.95. The average Bonchev–Trinajstić information content (AvgIpc) is 3.00. The molecule has 1 aromatic carbocycles. The van der Waals surface area contributed by atoms with Crippen molar-refractivity contribution in [3.8, 4) is 0 Å². The summed E-state index contributed by atoms with van der Waals surface area (Å²) >= 11 is 0. The van der Waals surface area contributed by atoms with E-state index < -0.39 is 0 Å². The van der Waals surface area contributed by atoms with Crippen molar-refractivity contribution >= 4 is 11.6 Å². The number of fused-ring (bicyclic) bond motifs is 2. The van der Waals surface area contributed by atoms with Crippen molar-refractivity contribution < 1.29 is 4.79 Å². The number of anilines is 1. The third kappa shape index (κ3) is 1.88. The van der Waals surface area contributed by atoms with Gasteiger partial charge in [-0.2, -0.15) is 0 Å². The fraction of sp³-hybridized carbons (Fsp3) is 0.533. The molecule has 0 aromatic heterocycles. The van der Waals surface area contributed by atoms with E-state index in [9.17, 15) is 4.79 Å². The van der Waals surface area contributed by atoms with E-state index in [0.29, 0.717) is 11.7 Å². The monoisotopic (exact) mass is 244 g/mol. The second-order valence-electron chi connectivity index (χ2n) is 5.78. The number of hydrogen-bond donors (Lipinski definition) is 1. The predicted molar refractivity (Wildman–Crippen MR) is 72.2 cm³/mol. The lowest BCUT2D eigenvalue weighted by molar-refractivity contribution is 0.0677. The molecule has 2 N–H and O–H groups in total. The Balaban J connectivity index is 1.74. The summed E-state index contributed by atoms with van der Waals surface area (Å²) < 4.78 is 0. The minimum Gasteiger partial charge on any atom is -0.399 e. The predicted octanol–water partition coefficient (Wildman–Crippen LogP) is 2.53. The molecule has 1 amide bonds. The third-order valence-corrected chi connectivity index (χ3v) is 4.68. The van der Waals surface area contributed by atoms with E-state index in [1.165, 1.54) is 25.7 Å². The molecule has 0 spiro atoms. The molecule has 18 heavy (non-hydrogen) atoms. The molecule has 0 saturated heterocycles. The van der Waals surface area contributed by atoms with Crippen LogP contribution in [-0.4, -0.2) is 23.9 Å². The molecule has 2 aliphatic rings. The second kappa shape index (κ2) is 4.30. The molecule has 0 heterocycles. The van der Waals surface area contributed by atoms with Crippen LogP contribution < -0.4 is 5.73 Å². The number of hydrogen-bond acceptors (Lipinski definition) is 2. The molecule has 2 fully saturated rings. The molecule has 96 valence electrons. The van der Waals surface area contributed by atoms with Crippen molar-refractivity contribution in [1.82, 2.24) is 4.90 Å². The van der Waals surface area contributed by atoms with Crippen molar-refractivity contribution in [3.05, 3.63) is 29.8 Å². The Hall–Kier alpha value is -1.51. The summed E-state index contributed by atoms with van der Waals surface area (Å²) in [6.07, 6.45) is 5.19. The Morgan fingerprint density at radius 3 is 2.50 bits per heavy atom. The topological polar surface area (TPSA) is 46.3 Å². The summed E-state index contributed by atoms with van der Waals surface area (Å²) in [6.45, 7) is 0. The van der Waals surface area contributed by atoms with Crippen LogP contribution in [-0.2, 0) is 0 Å². The lowest BCUT2D eigenvalue weighted by Crippen LogP contribution is -2.40. The number of nitrogens with zero attached hydrogens (tertiary/aromatic N) is 1. The SMILES string of the molecule is CN(C(=O)c1ccc(N)cc1)C1C[C@@H]2CC[C@H]1C2. The zero-order valence-corrected chi connectivity index (χ0v) is 10.8. The number of benzene rings is 1. The van der Waals surface area contributed by atoms with Crippen LogP contribution in [0.25, 0.3) is 0 Å². The summed E-state index contributed by atoms with van der Waals surface area (Å²) in [5.41, 5.74) is 7.10. The van der Waals surface area contributed by atoms with Gasteiger partial charge < -0.3 is 10.6 Å². The second-order valence-corrected chi connectivity index (χ2v) is 5.78. The first kappa shape index (κ1) is 11.6. The molecule has 2 bridgehead atoms. The first-order valence-corrected chi connectivity index (χ1v) is 6.78. The highest BCUT2D eigenvalue weighted by Crippen LogP contribution is 2.46. The van der Waals surface area contributed by atoms with Gasteiger partial charge in [-0.1, -0.05) is 6.42 Å². The van der Waals surface area contributed by atoms with E-state index >= 15 is 0 Å². The quantitative estimate of drug-likeness (QED) is 0.813. The summed E-state index contributed by atoms with van der Waals surface area (Å²) in [5, 5.41) is 0. The van der Waals surface area contributed by atoms with Crippen LogP contribution in [0.15, 0.2) is 24.3 Å². The number of carbonyl (C=O) groups excluding carboxylic acids is 1. The van der Waals surface area contributed by atoms with Crippen molar-refractivity contribution in [2.24, 2.45) is 11.8 Å². The molecule has 2 aliphatic carbocycles. The van der Waals surface area contributed by atoms with E-state index in [-0.39, 0.29) is 5.91 Å². The van der Waals surface area contributed by atoms with Crippen LogP contribution in [0.1, 0.15) is 36.0 Å². The van der Waals surface area contributed by atoms with Crippen LogP contribution >= 0.6 is 0 Å². The van der Waals surface area contributed by atoms with Crippen LogP contribution in [0.3, 0.4) is 0 Å². The van der Waals surface area contributed by atoms with Crippen molar-refractivity contribution in [1.29, 1.82) is 0 Å². The maximum Gasteiger partial charge on any atom is 0.253 e. The molecular weight excluding hydrogens is 224 g/mol. The Labute approximate surface area is 108 Å². The lowest BCUT2D eigenvalue weighted by atomic mass is 9.94. The van der Waals surface area contributed by atoms with Gasteiger partial charge in [0.05, 0.1) is 0 Å². The summed E-state index contributed by atoms with van der Waals surface area (Å²) in [4.78, 5) is 14.4. The van der Waals surface area contributed by atoms with Crippen LogP contribution in [0.4, 0.5) is 5.69 Å². The fourth-order valence-corrected chi connectivity index (χ4v) is 3.67. The maximum atomic E-state index is 12.4. The standard InChI is InChI=1S/C15H20N2O/c1-17(14-9-10-2-3-12(14)8-10)15(18)11-4-6-13(16)7-5-11/h4-7,10,12,14H,2-3,8-9,16H2,1H3/t10-,12+,14?/m1/s1. The molecule has 3 atom stereocenters. The number of rotatable bonds is 2. The minimum absolute atomic E-state index is 0.132. The minimum atomic E-state index is 0.132. The number of amides is 1. The molecular formula is C15H20N2O. The van der Waals surface area contributed by atoms with Gasteiger partial charge in [0, 0.05) is 24.3 Å². The highest BCUT2D eigenvalue weighted by Gasteiger charge is 2.42. The van der Waals surface area contributed by atoms with Crippen molar-refractivity contribution in [3.63, 3.8) is 0 Å². The number of nitrogens with two attached hydrogens (primary N) is 1. The van der Waals surface area contributed by atoms with Gasteiger partial charge in [-0.25, -0.2) is 0 Å². The molecule has 1 unspecified atom stereocenters. The van der Waals surface area contributed by atoms with Crippen LogP contribution in [0.5, 0.6) is 0 Å². The molecule has 3 heteroatoms. The highest BCUT2D eigenvalue weighted by molar-refractivity contribution is 5.94. The molecule has 0 radical (unpaired) electrons. The number of nitrogen functional groups attached to an aromatic ring is 1. The van der Waals surface area contributed by atoms with Crippen molar-refractivity contribution in [2.45, 2.75) is 31.7 Å². The van der Waals surface area contributed by atoms with Gasteiger partial charge in [0.25, 0.3) is 5.91 Å². The lowest BCUT2D eigenvalue weighted by Gasteiger charge is -2.31. The van der Waals surface area contributed by atoms with Gasteiger partial charge in [0.15, 0.2) is 0 Å². The average molecular weight is 244 g/mol. The van der Waals surface area contributed by atoms with E-state index in [2.05, 4.69) is 0 Å². The van der Waals surface area contributed by atoms with Gasteiger partial charge >= 0.3 is 0 Å². The van der Waals surface area contributed by atoms with Crippen molar-refractivity contribution in [2.75, 3.05) is 12.8 Å². The summed E-state index contributed by atoms with van der Waals surface area (Å²) in [6, 6.07) is 7.68. The molecule has 2 saturated carbocycles. The van der Waals surface area contributed by atoms with Gasteiger partial charge in [0.1, 0.15) is 0 Å². The third-order valence-electron chi connectivity index (χ3n) is 4.68. The Bertz CT molecular complexity index is 454. The van der Waals surface area contributed by atoms with Gasteiger partial charge in [0.2, 0.25) is 0 Å². The zero-order chi connectivity index (χ0) is 12.7. The molecule has 0 aliphatic heterocycles.